The van der Waals surface area contributed by atoms with E-state index in [0.29, 0.717) is 46.4 Å². The predicted molar refractivity (Wildman–Crippen MR) is 119 cm³/mol. The number of hydrogen-bond acceptors (Lipinski definition) is 3. The molecule has 154 valence electrons. The summed E-state index contributed by atoms with van der Waals surface area (Å²) in [4.78, 5) is 26.6. The van der Waals surface area contributed by atoms with E-state index >= 15 is 0 Å². The van der Waals surface area contributed by atoms with Gasteiger partial charge in [-0.1, -0.05) is 36.2 Å². The van der Waals surface area contributed by atoms with Crippen molar-refractivity contribution >= 4 is 46.4 Å². The van der Waals surface area contributed by atoms with Crippen LogP contribution in [-0.4, -0.2) is 28.1 Å². The summed E-state index contributed by atoms with van der Waals surface area (Å²) >= 11 is 12.5. The topological polar surface area (TPSA) is 67.2 Å². The van der Waals surface area contributed by atoms with E-state index < -0.39 is 0 Å². The van der Waals surface area contributed by atoms with Crippen molar-refractivity contribution in [1.82, 2.24) is 9.78 Å². The van der Waals surface area contributed by atoms with Crippen LogP contribution in [0.15, 0.2) is 48.7 Å². The number of rotatable bonds is 5. The molecule has 1 aliphatic rings. The Morgan fingerprint density at radius 1 is 1.20 bits per heavy atom. The zero-order valence-corrected chi connectivity index (χ0v) is 17.9. The van der Waals surface area contributed by atoms with Gasteiger partial charge >= 0.3 is 0 Å². The molecule has 1 N–H and O–H groups in total. The van der Waals surface area contributed by atoms with Gasteiger partial charge in [0.05, 0.1) is 33.9 Å². The van der Waals surface area contributed by atoms with Crippen LogP contribution in [0.3, 0.4) is 0 Å². The molecule has 0 atom stereocenters. The standard InChI is InChI=1S/C22H20Cl2N4O2/c1-2-19-17(13-25-28(19)16-6-3-5-14(23)11-16)22(30)26-15-8-9-20(18(24)12-15)27-10-4-7-21(27)29/h3,5-6,8-9,11-13H,2,4,7,10H2,1H3,(H,26,30). The molecule has 6 nitrogen and oxygen atoms in total. The van der Waals surface area contributed by atoms with Crippen LogP contribution in [0.2, 0.25) is 10.0 Å². The van der Waals surface area contributed by atoms with E-state index in [0.717, 1.165) is 17.8 Å². The zero-order chi connectivity index (χ0) is 21.3. The number of nitrogens with zero attached hydrogens (tertiary/aromatic N) is 3. The van der Waals surface area contributed by atoms with Gasteiger partial charge in [-0.05, 0) is 49.2 Å². The fraction of sp³-hybridized carbons (Fsp3) is 0.227. The maximum absolute atomic E-state index is 12.9. The molecule has 1 aliphatic heterocycles. The first-order valence-corrected chi connectivity index (χ1v) is 10.5. The third-order valence-electron chi connectivity index (χ3n) is 5.07. The Hall–Kier alpha value is -2.83. The minimum absolute atomic E-state index is 0.0645. The summed E-state index contributed by atoms with van der Waals surface area (Å²) in [5.41, 5.74) is 3.27. The smallest absolute Gasteiger partial charge is 0.259 e. The molecule has 0 saturated carbocycles. The minimum Gasteiger partial charge on any atom is -0.322 e. The van der Waals surface area contributed by atoms with E-state index in [1.54, 1.807) is 46.1 Å². The summed E-state index contributed by atoms with van der Waals surface area (Å²) in [6, 6.07) is 12.5. The van der Waals surface area contributed by atoms with Gasteiger partial charge in [-0.15, -0.1) is 0 Å². The summed E-state index contributed by atoms with van der Waals surface area (Å²) in [7, 11) is 0. The molecule has 0 spiro atoms. The number of halogens is 2. The molecule has 1 fully saturated rings. The van der Waals surface area contributed by atoms with Crippen LogP contribution in [0.1, 0.15) is 35.8 Å². The number of carbonyl (C=O) groups excluding carboxylic acids is 2. The lowest BCUT2D eigenvalue weighted by molar-refractivity contribution is -0.117. The summed E-state index contributed by atoms with van der Waals surface area (Å²) < 4.78 is 1.72. The lowest BCUT2D eigenvalue weighted by Gasteiger charge is -2.18. The number of benzene rings is 2. The molecule has 4 rings (SSSR count). The van der Waals surface area contributed by atoms with Crippen LogP contribution in [0.5, 0.6) is 0 Å². The predicted octanol–water partition coefficient (Wildman–Crippen LogP) is 5.12. The maximum atomic E-state index is 12.9. The van der Waals surface area contributed by atoms with Crippen molar-refractivity contribution in [3.63, 3.8) is 0 Å². The van der Waals surface area contributed by atoms with Gasteiger partial charge in [-0.25, -0.2) is 4.68 Å². The molecular formula is C22H20Cl2N4O2. The fourth-order valence-electron chi connectivity index (χ4n) is 3.64. The average molecular weight is 443 g/mol. The Morgan fingerprint density at radius 3 is 2.70 bits per heavy atom. The molecule has 0 radical (unpaired) electrons. The largest absolute Gasteiger partial charge is 0.322 e. The van der Waals surface area contributed by atoms with Crippen LogP contribution in [0, 0.1) is 0 Å². The average Bonchev–Trinajstić information content (AvgIpc) is 3.34. The number of amides is 2. The van der Waals surface area contributed by atoms with Gasteiger partial charge in [0.2, 0.25) is 5.91 Å². The Balaban J connectivity index is 1.57. The normalized spacial score (nSPS) is 13.7. The van der Waals surface area contributed by atoms with Crippen LogP contribution < -0.4 is 10.2 Å². The van der Waals surface area contributed by atoms with Crippen LogP contribution >= 0.6 is 23.2 Å². The van der Waals surface area contributed by atoms with Gasteiger partial charge in [-0.2, -0.15) is 5.10 Å². The second kappa shape index (κ2) is 8.50. The first kappa shape index (κ1) is 20.4. The number of carbonyl (C=O) groups is 2. The highest BCUT2D eigenvalue weighted by Gasteiger charge is 2.24. The molecule has 1 aromatic heterocycles. The summed E-state index contributed by atoms with van der Waals surface area (Å²) in [5.74, 6) is -0.212. The number of aromatic nitrogens is 2. The number of hydrogen-bond donors (Lipinski definition) is 1. The third kappa shape index (κ3) is 3.93. The van der Waals surface area contributed by atoms with Gasteiger partial charge in [0.1, 0.15) is 0 Å². The fourth-order valence-corrected chi connectivity index (χ4v) is 4.11. The Labute approximate surface area is 184 Å². The zero-order valence-electron chi connectivity index (χ0n) is 16.4. The monoisotopic (exact) mass is 442 g/mol. The first-order chi connectivity index (χ1) is 14.5. The van der Waals surface area contributed by atoms with Crippen molar-refractivity contribution in [1.29, 1.82) is 0 Å². The van der Waals surface area contributed by atoms with Gasteiger partial charge in [-0.3, -0.25) is 9.59 Å². The van der Waals surface area contributed by atoms with Crippen molar-refractivity contribution in [2.45, 2.75) is 26.2 Å². The van der Waals surface area contributed by atoms with Gasteiger partial charge in [0.25, 0.3) is 5.91 Å². The van der Waals surface area contributed by atoms with Gasteiger partial charge in [0.15, 0.2) is 0 Å². The molecule has 2 amide bonds. The van der Waals surface area contributed by atoms with E-state index in [9.17, 15) is 9.59 Å². The third-order valence-corrected chi connectivity index (χ3v) is 5.61. The highest BCUT2D eigenvalue weighted by molar-refractivity contribution is 6.34. The molecule has 2 aromatic carbocycles. The highest BCUT2D eigenvalue weighted by Crippen LogP contribution is 2.32. The molecule has 30 heavy (non-hydrogen) atoms. The Kier molecular flexibility index (Phi) is 5.79. The van der Waals surface area contributed by atoms with E-state index in [2.05, 4.69) is 10.4 Å². The minimum atomic E-state index is -0.277. The lowest BCUT2D eigenvalue weighted by Crippen LogP contribution is -2.24. The highest BCUT2D eigenvalue weighted by atomic mass is 35.5. The first-order valence-electron chi connectivity index (χ1n) is 9.72. The van der Waals surface area contributed by atoms with Crippen molar-refractivity contribution in [3.05, 3.63) is 70.0 Å². The molecular weight excluding hydrogens is 423 g/mol. The molecule has 3 aromatic rings. The summed E-state index contributed by atoms with van der Waals surface area (Å²) in [5, 5.41) is 8.28. The molecule has 1 saturated heterocycles. The SMILES string of the molecule is CCc1c(C(=O)Nc2ccc(N3CCCC3=O)c(Cl)c2)cnn1-c1cccc(Cl)c1. The molecule has 8 heteroatoms. The van der Waals surface area contributed by atoms with E-state index in [1.807, 2.05) is 19.1 Å². The summed E-state index contributed by atoms with van der Waals surface area (Å²) in [6.07, 6.45) is 3.52. The second-order valence-corrected chi connectivity index (χ2v) is 7.86. The van der Waals surface area contributed by atoms with Crippen LogP contribution in [0.4, 0.5) is 11.4 Å². The van der Waals surface area contributed by atoms with Crippen molar-refractivity contribution in [2.24, 2.45) is 0 Å². The maximum Gasteiger partial charge on any atom is 0.259 e. The van der Waals surface area contributed by atoms with E-state index in [1.165, 1.54) is 0 Å². The van der Waals surface area contributed by atoms with E-state index in [4.69, 9.17) is 23.2 Å². The quantitative estimate of drug-likeness (QED) is 0.595. The summed E-state index contributed by atoms with van der Waals surface area (Å²) in [6.45, 7) is 2.63. The van der Waals surface area contributed by atoms with Crippen LogP contribution in [-0.2, 0) is 11.2 Å². The Morgan fingerprint density at radius 2 is 2.03 bits per heavy atom. The Bertz CT molecular complexity index is 1130. The van der Waals surface area contributed by atoms with Crippen molar-refractivity contribution in [2.75, 3.05) is 16.8 Å². The molecule has 0 aliphatic carbocycles. The van der Waals surface area contributed by atoms with E-state index in [-0.39, 0.29) is 11.8 Å². The molecule has 0 unspecified atom stereocenters. The van der Waals surface area contributed by atoms with Crippen molar-refractivity contribution in [3.8, 4) is 5.69 Å². The number of anilines is 2. The molecule has 2 heterocycles. The number of nitrogens with one attached hydrogen (secondary N) is 1. The second-order valence-electron chi connectivity index (χ2n) is 7.02. The van der Waals surface area contributed by atoms with Gasteiger partial charge < -0.3 is 10.2 Å². The van der Waals surface area contributed by atoms with Crippen LogP contribution in [0.25, 0.3) is 5.69 Å². The lowest BCUT2D eigenvalue weighted by atomic mass is 10.1. The van der Waals surface area contributed by atoms with Crippen molar-refractivity contribution < 1.29 is 9.59 Å². The van der Waals surface area contributed by atoms with Gasteiger partial charge in [0, 0.05) is 23.7 Å². The molecule has 0 bridgehead atoms.